The highest BCUT2D eigenvalue weighted by Gasteiger charge is 1.98. The third kappa shape index (κ3) is 6.32. The van der Waals surface area contributed by atoms with Crippen LogP contribution < -0.4 is 5.32 Å². The fraction of sp³-hybridized carbons (Fsp3) is 0.600. The molecule has 0 radical (unpaired) electrons. The van der Waals surface area contributed by atoms with Gasteiger partial charge in [-0.3, -0.25) is 0 Å². The van der Waals surface area contributed by atoms with E-state index in [1.165, 1.54) is 24.8 Å². The molecule has 1 aromatic heterocycles. The van der Waals surface area contributed by atoms with Gasteiger partial charge in [0.15, 0.2) is 0 Å². The number of allylic oxidation sites excluding steroid dienone is 1. The lowest BCUT2D eigenvalue weighted by Gasteiger charge is -2.06. The average molecular weight is 234 g/mol. The summed E-state index contributed by atoms with van der Waals surface area (Å²) in [6.07, 6.45) is 11.4. The van der Waals surface area contributed by atoms with E-state index in [1.54, 1.807) is 0 Å². The van der Waals surface area contributed by atoms with Gasteiger partial charge >= 0.3 is 0 Å². The van der Waals surface area contributed by atoms with Crippen LogP contribution >= 0.6 is 0 Å². The minimum absolute atomic E-state index is 0.553. The van der Waals surface area contributed by atoms with Crippen LogP contribution in [0.3, 0.4) is 0 Å². The summed E-state index contributed by atoms with van der Waals surface area (Å²) < 4.78 is 2.30. The highest BCUT2D eigenvalue weighted by molar-refractivity contribution is 5.09. The smallest absolute Gasteiger partial charge is 0.0222 e. The molecule has 1 N–H and O–H groups in total. The molecule has 0 aromatic carbocycles. The summed E-state index contributed by atoms with van der Waals surface area (Å²) in [5.41, 5.74) is 1.38. The molecule has 0 saturated heterocycles. The monoisotopic (exact) mass is 234 g/mol. The van der Waals surface area contributed by atoms with Crippen LogP contribution in [0, 0.1) is 0 Å². The van der Waals surface area contributed by atoms with Gasteiger partial charge in [-0.25, -0.2) is 0 Å². The first kappa shape index (κ1) is 14.0. The van der Waals surface area contributed by atoms with E-state index in [2.05, 4.69) is 48.8 Å². The second-order valence-electron chi connectivity index (χ2n) is 4.93. The van der Waals surface area contributed by atoms with Crippen molar-refractivity contribution in [2.45, 2.75) is 58.7 Å². The molecule has 0 bridgehead atoms. The van der Waals surface area contributed by atoms with E-state index in [9.17, 15) is 0 Å². The number of nitrogens with zero attached hydrogens (tertiary/aromatic N) is 1. The zero-order valence-electron chi connectivity index (χ0n) is 11.3. The van der Waals surface area contributed by atoms with E-state index < -0.39 is 0 Å². The lowest BCUT2D eigenvalue weighted by atomic mass is 10.2. The van der Waals surface area contributed by atoms with Crippen molar-refractivity contribution in [3.05, 3.63) is 36.7 Å². The van der Waals surface area contributed by atoms with Gasteiger partial charge in [0, 0.05) is 31.5 Å². The third-order valence-electron chi connectivity index (χ3n) is 2.85. The van der Waals surface area contributed by atoms with Crippen molar-refractivity contribution in [1.29, 1.82) is 0 Å². The van der Waals surface area contributed by atoms with Crippen molar-refractivity contribution in [1.82, 2.24) is 9.88 Å². The molecule has 0 atom stereocenters. The summed E-state index contributed by atoms with van der Waals surface area (Å²) in [6, 6.07) is 2.76. The molecule has 0 spiro atoms. The SMILES string of the molecule is C=CCCCCCn1ccc(CNC(C)C)c1. The van der Waals surface area contributed by atoms with Crippen molar-refractivity contribution in [2.24, 2.45) is 0 Å². The number of aryl methyl sites for hydroxylation is 1. The highest BCUT2D eigenvalue weighted by Crippen LogP contribution is 2.06. The summed E-state index contributed by atoms with van der Waals surface area (Å²) >= 11 is 0. The fourth-order valence-electron chi connectivity index (χ4n) is 1.82. The Kier molecular flexibility index (Phi) is 6.71. The van der Waals surface area contributed by atoms with Crippen LogP contribution in [0.4, 0.5) is 0 Å². The molecule has 0 saturated carbocycles. The van der Waals surface area contributed by atoms with Crippen LogP contribution in [0.15, 0.2) is 31.1 Å². The Balaban J connectivity index is 2.18. The Morgan fingerprint density at radius 1 is 1.35 bits per heavy atom. The fourth-order valence-corrected chi connectivity index (χ4v) is 1.82. The van der Waals surface area contributed by atoms with Crippen LogP contribution in [0.1, 0.15) is 45.1 Å². The molecule has 2 heteroatoms. The van der Waals surface area contributed by atoms with Gasteiger partial charge < -0.3 is 9.88 Å². The van der Waals surface area contributed by atoms with E-state index in [0.29, 0.717) is 6.04 Å². The van der Waals surface area contributed by atoms with E-state index in [-0.39, 0.29) is 0 Å². The van der Waals surface area contributed by atoms with E-state index >= 15 is 0 Å². The van der Waals surface area contributed by atoms with Crippen LogP contribution in [0.25, 0.3) is 0 Å². The lowest BCUT2D eigenvalue weighted by molar-refractivity contribution is 0.579. The zero-order valence-corrected chi connectivity index (χ0v) is 11.3. The van der Waals surface area contributed by atoms with Gasteiger partial charge in [0.05, 0.1) is 0 Å². The standard InChI is InChI=1S/C15H26N2/c1-4-5-6-7-8-10-17-11-9-15(13-17)12-16-14(2)3/h4,9,11,13-14,16H,1,5-8,10,12H2,2-3H3. The maximum absolute atomic E-state index is 3.74. The Hall–Kier alpha value is -1.02. The number of rotatable bonds is 9. The molecule has 1 rings (SSSR count). The van der Waals surface area contributed by atoms with E-state index in [4.69, 9.17) is 0 Å². The van der Waals surface area contributed by atoms with Crippen LogP contribution in [0.2, 0.25) is 0 Å². The summed E-state index contributed by atoms with van der Waals surface area (Å²) in [5.74, 6) is 0. The van der Waals surface area contributed by atoms with Crippen molar-refractivity contribution in [3.63, 3.8) is 0 Å². The highest BCUT2D eigenvalue weighted by atomic mass is 14.9. The molecule has 0 fully saturated rings. The van der Waals surface area contributed by atoms with Crippen molar-refractivity contribution in [3.8, 4) is 0 Å². The van der Waals surface area contributed by atoms with Gasteiger partial charge in [-0.2, -0.15) is 0 Å². The minimum atomic E-state index is 0.553. The summed E-state index contributed by atoms with van der Waals surface area (Å²) in [5, 5.41) is 3.43. The number of hydrogen-bond acceptors (Lipinski definition) is 1. The Labute approximate surface area is 106 Å². The molecule has 0 aliphatic heterocycles. The van der Waals surface area contributed by atoms with Gasteiger partial charge in [-0.15, -0.1) is 6.58 Å². The van der Waals surface area contributed by atoms with Crippen LogP contribution in [-0.4, -0.2) is 10.6 Å². The Morgan fingerprint density at radius 2 is 2.18 bits per heavy atom. The Morgan fingerprint density at radius 3 is 2.88 bits per heavy atom. The van der Waals surface area contributed by atoms with Crippen molar-refractivity contribution >= 4 is 0 Å². The maximum Gasteiger partial charge on any atom is 0.0222 e. The minimum Gasteiger partial charge on any atom is -0.354 e. The largest absolute Gasteiger partial charge is 0.354 e. The topological polar surface area (TPSA) is 17.0 Å². The maximum atomic E-state index is 3.74. The molecule has 0 aliphatic rings. The number of aromatic nitrogens is 1. The van der Waals surface area contributed by atoms with Crippen molar-refractivity contribution < 1.29 is 0 Å². The number of unbranched alkanes of at least 4 members (excludes halogenated alkanes) is 3. The molecular formula is C15H26N2. The molecule has 0 aliphatic carbocycles. The first-order chi connectivity index (χ1) is 8.22. The molecule has 0 unspecified atom stereocenters. The predicted octanol–water partition coefficient (Wildman–Crippen LogP) is 3.73. The zero-order chi connectivity index (χ0) is 12.5. The second-order valence-corrected chi connectivity index (χ2v) is 4.93. The first-order valence-corrected chi connectivity index (χ1v) is 6.71. The molecule has 1 aromatic rings. The van der Waals surface area contributed by atoms with Gasteiger partial charge in [0.2, 0.25) is 0 Å². The first-order valence-electron chi connectivity index (χ1n) is 6.71. The lowest BCUT2D eigenvalue weighted by Crippen LogP contribution is -2.21. The second kappa shape index (κ2) is 8.13. The van der Waals surface area contributed by atoms with Gasteiger partial charge in [0.1, 0.15) is 0 Å². The molecule has 1 heterocycles. The van der Waals surface area contributed by atoms with Gasteiger partial charge in [0.25, 0.3) is 0 Å². The third-order valence-corrected chi connectivity index (χ3v) is 2.85. The van der Waals surface area contributed by atoms with Gasteiger partial charge in [-0.05, 0) is 30.9 Å². The molecular weight excluding hydrogens is 208 g/mol. The molecule has 2 nitrogen and oxygen atoms in total. The molecule has 17 heavy (non-hydrogen) atoms. The number of hydrogen-bond donors (Lipinski definition) is 1. The normalized spacial score (nSPS) is 11.0. The van der Waals surface area contributed by atoms with E-state index in [0.717, 1.165) is 19.5 Å². The van der Waals surface area contributed by atoms with Crippen LogP contribution in [-0.2, 0) is 13.1 Å². The number of nitrogens with one attached hydrogen (secondary N) is 1. The van der Waals surface area contributed by atoms with E-state index in [1.807, 2.05) is 6.08 Å². The average Bonchev–Trinajstić information content (AvgIpc) is 2.74. The summed E-state index contributed by atoms with van der Waals surface area (Å²) in [6.45, 7) is 10.2. The quantitative estimate of drug-likeness (QED) is 0.509. The molecule has 96 valence electrons. The molecule has 0 amide bonds. The summed E-state index contributed by atoms with van der Waals surface area (Å²) in [7, 11) is 0. The van der Waals surface area contributed by atoms with Gasteiger partial charge in [-0.1, -0.05) is 26.3 Å². The predicted molar refractivity (Wildman–Crippen MR) is 75.1 cm³/mol. The Bertz CT molecular complexity index is 312. The van der Waals surface area contributed by atoms with Crippen LogP contribution in [0.5, 0.6) is 0 Å². The van der Waals surface area contributed by atoms with Crippen molar-refractivity contribution in [2.75, 3.05) is 0 Å². The summed E-state index contributed by atoms with van der Waals surface area (Å²) in [4.78, 5) is 0.